The van der Waals surface area contributed by atoms with Crippen LogP contribution in [-0.2, 0) is 18.4 Å². The molecule has 0 rings (SSSR count). The Labute approximate surface area is 519 Å². The molecule has 0 saturated heterocycles. The first-order valence-electron chi connectivity index (χ1n) is 34.6. The molecule has 3 atom stereocenters. The van der Waals surface area contributed by atoms with E-state index in [0.717, 1.165) is 96.3 Å². The number of likely N-dealkylation sites (N-methyl/N-ethyl adjacent to an activating group) is 1. The lowest BCUT2D eigenvalue weighted by molar-refractivity contribution is -0.870. The van der Waals surface area contributed by atoms with Crippen LogP contribution in [0.4, 0.5) is 0 Å². The van der Waals surface area contributed by atoms with Crippen molar-refractivity contribution < 1.29 is 32.9 Å². The summed E-state index contributed by atoms with van der Waals surface area (Å²) in [4.78, 5) is 23.4. The van der Waals surface area contributed by atoms with Crippen LogP contribution in [0, 0.1) is 0 Å². The van der Waals surface area contributed by atoms with Crippen molar-refractivity contribution in [1.29, 1.82) is 0 Å². The monoisotopic (exact) mass is 1190 g/mol. The fourth-order valence-electron chi connectivity index (χ4n) is 9.50. The molecule has 9 heteroatoms. The number of quaternary nitrogens is 1. The SMILES string of the molecule is CC/C=C\C/C=C\C/C=C\C/C=C\C/C=C\C/C=C\C/C=C\C/C=C\CCCCCCCCCCCCCCCCCCC(=O)NC(COP(=O)(O)OCC[N+](C)(C)C)C(O)/C=C/CC/C=C/CC/C=C/CCCCCCCCCCCCC. The van der Waals surface area contributed by atoms with Gasteiger partial charge in [0.2, 0.25) is 5.91 Å². The molecule has 0 aromatic carbocycles. The molecule has 0 heterocycles. The van der Waals surface area contributed by atoms with E-state index in [1.54, 1.807) is 6.08 Å². The normalized spacial score (nSPS) is 14.5. The molecule has 3 unspecified atom stereocenters. The largest absolute Gasteiger partial charge is 0.472 e. The summed E-state index contributed by atoms with van der Waals surface area (Å²) in [6.45, 7) is 4.68. The number of carbonyl (C=O) groups excluding carboxylic acids is 1. The molecule has 482 valence electrons. The minimum atomic E-state index is -4.37. The van der Waals surface area contributed by atoms with Gasteiger partial charge in [0.1, 0.15) is 13.2 Å². The number of aliphatic hydroxyl groups excluding tert-OH is 1. The van der Waals surface area contributed by atoms with Crippen LogP contribution in [0.15, 0.2) is 134 Å². The first kappa shape index (κ1) is 80.6. The fourth-order valence-corrected chi connectivity index (χ4v) is 10.2. The summed E-state index contributed by atoms with van der Waals surface area (Å²) < 4.78 is 23.8. The van der Waals surface area contributed by atoms with Crippen LogP contribution in [-0.4, -0.2) is 73.4 Å². The van der Waals surface area contributed by atoms with Gasteiger partial charge < -0.3 is 19.8 Å². The van der Waals surface area contributed by atoms with Gasteiger partial charge in [0.05, 0.1) is 39.9 Å². The highest BCUT2D eigenvalue weighted by molar-refractivity contribution is 7.47. The lowest BCUT2D eigenvalue weighted by Crippen LogP contribution is -2.45. The molecule has 0 saturated carbocycles. The Morgan fingerprint density at radius 3 is 1.10 bits per heavy atom. The molecule has 0 fully saturated rings. The second-order valence-corrected chi connectivity index (χ2v) is 25.6. The van der Waals surface area contributed by atoms with Gasteiger partial charge in [0.15, 0.2) is 0 Å². The molecule has 0 spiro atoms. The van der Waals surface area contributed by atoms with Gasteiger partial charge in [0.25, 0.3) is 0 Å². The van der Waals surface area contributed by atoms with E-state index in [4.69, 9.17) is 9.05 Å². The summed E-state index contributed by atoms with van der Waals surface area (Å²) in [6, 6.07) is -0.878. The van der Waals surface area contributed by atoms with E-state index in [2.05, 4.69) is 141 Å². The maximum absolute atomic E-state index is 13.0. The lowest BCUT2D eigenvalue weighted by Gasteiger charge is -2.25. The Hall–Kier alpha value is -3.36. The van der Waals surface area contributed by atoms with Crippen LogP contribution in [0.3, 0.4) is 0 Å². The molecule has 0 bridgehead atoms. The quantitative estimate of drug-likeness (QED) is 0.0243. The van der Waals surface area contributed by atoms with Gasteiger partial charge in [0, 0.05) is 6.42 Å². The highest BCUT2D eigenvalue weighted by atomic mass is 31.2. The van der Waals surface area contributed by atoms with Crippen LogP contribution in [0.2, 0.25) is 0 Å². The summed E-state index contributed by atoms with van der Waals surface area (Å²) in [5.74, 6) is -0.193. The van der Waals surface area contributed by atoms with E-state index in [1.165, 1.54) is 167 Å². The summed E-state index contributed by atoms with van der Waals surface area (Å²) in [5.41, 5.74) is 0. The summed E-state index contributed by atoms with van der Waals surface area (Å²) in [5, 5.41) is 14.0. The number of hydrogen-bond acceptors (Lipinski definition) is 5. The number of hydrogen-bond donors (Lipinski definition) is 3. The predicted molar refractivity (Wildman–Crippen MR) is 368 cm³/mol. The van der Waals surface area contributed by atoms with Gasteiger partial charge in [-0.05, 0) is 109 Å². The van der Waals surface area contributed by atoms with Crippen LogP contribution in [0.1, 0.15) is 284 Å². The highest BCUT2D eigenvalue weighted by Crippen LogP contribution is 2.43. The van der Waals surface area contributed by atoms with Gasteiger partial charge in [-0.25, -0.2) is 4.57 Å². The van der Waals surface area contributed by atoms with E-state index >= 15 is 0 Å². The predicted octanol–water partition coefficient (Wildman–Crippen LogP) is 22.2. The molecule has 0 aromatic rings. The Bertz CT molecular complexity index is 1830. The maximum Gasteiger partial charge on any atom is 0.472 e. The number of amides is 1. The molecular formula is C75H132N2O6P+. The zero-order chi connectivity index (χ0) is 61.2. The van der Waals surface area contributed by atoms with Gasteiger partial charge in [-0.1, -0.05) is 302 Å². The fraction of sp³-hybridized carbons (Fsp3) is 0.693. The lowest BCUT2D eigenvalue weighted by atomic mass is 10.0. The number of allylic oxidation sites excluding steroid dienone is 21. The van der Waals surface area contributed by atoms with Gasteiger partial charge in [-0.15, -0.1) is 0 Å². The number of phosphoric ester groups is 1. The first-order chi connectivity index (χ1) is 41.0. The number of aliphatic hydroxyl groups is 1. The molecule has 0 aromatic heterocycles. The van der Waals surface area contributed by atoms with Gasteiger partial charge in [-0.2, -0.15) is 0 Å². The van der Waals surface area contributed by atoms with Crippen molar-refractivity contribution in [2.24, 2.45) is 0 Å². The van der Waals surface area contributed by atoms with Crippen LogP contribution < -0.4 is 5.32 Å². The standard InChI is InChI=1S/C75H131N2O6P/c1-6-8-10-12-14-16-18-20-22-24-26-28-29-30-31-32-33-34-35-36-37-38-39-40-41-42-43-44-45-46-47-49-51-53-55-57-59-61-63-65-67-69-75(79)76-73(72-83-84(80,81)82-71-70-77(3,4)5)74(78)68-66-64-62-60-58-56-54-52-50-48-27-25-23-21-19-17-15-13-11-9-7-2/h8,10,14,16,20,22,26,28,30-31,33-34,36-37,39-40,50,52,58,60,66,68,73-74,78H,6-7,9,11-13,15,17-19,21,23-25,27,29,32,35,38,41-49,51,53-57,59,61-65,67,69-72H2,1-5H3,(H-,76,79,80,81)/p+1/b10-8-,16-14-,22-20-,28-26-,31-30-,34-33-,37-36-,40-39-,52-50+,60-58+,68-66+. The van der Waals surface area contributed by atoms with E-state index in [-0.39, 0.29) is 19.1 Å². The van der Waals surface area contributed by atoms with Crippen molar-refractivity contribution in [3.8, 4) is 0 Å². The number of rotatable bonds is 62. The maximum atomic E-state index is 13.0. The van der Waals surface area contributed by atoms with Crippen molar-refractivity contribution in [1.82, 2.24) is 5.32 Å². The Kier molecular flexibility index (Phi) is 61.6. The summed E-state index contributed by atoms with van der Waals surface area (Å²) in [6.07, 6.45) is 97.4. The zero-order valence-electron chi connectivity index (χ0n) is 55.1. The van der Waals surface area contributed by atoms with E-state index in [1.807, 2.05) is 27.2 Å². The van der Waals surface area contributed by atoms with Gasteiger partial charge >= 0.3 is 7.82 Å². The van der Waals surface area contributed by atoms with E-state index < -0.39 is 20.0 Å². The van der Waals surface area contributed by atoms with Crippen LogP contribution >= 0.6 is 7.82 Å². The minimum absolute atomic E-state index is 0.0492. The number of nitrogens with zero attached hydrogens (tertiary/aromatic N) is 1. The number of unbranched alkanes of at least 4 members (excludes halogenated alkanes) is 29. The van der Waals surface area contributed by atoms with E-state index in [9.17, 15) is 19.4 Å². The van der Waals surface area contributed by atoms with Gasteiger partial charge in [-0.3, -0.25) is 13.8 Å². The highest BCUT2D eigenvalue weighted by Gasteiger charge is 2.28. The summed E-state index contributed by atoms with van der Waals surface area (Å²) in [7, 11) is 1.54. The third kappa shape index (κ3) is 66.2. The Balaban J connectivity index is 4.08. The number of phosphoric acid groups is 1. The molecule has 0 aliphatic rings. The van der Waals surface area contributed by atoms with Crippen LogP contribution in [0.25, 0.3) is 0 Å². The molecule has 0 aliphatic heterocycles. The van der Waals surface area contributed by atoms with E-state index in [0.29, 0.717) is 17.4 Å². The smallest absolute Gasteiger partial charge is 0.387 e. The topological polar surface area (TPSA) is 105 Å². The van der Waals surface area contributed by atoms with Crippen molar-refractivity contribution in [3.63, 3.8) is 0 Å². The minimum Gasteiger partial charge on any atom is -0.387 e. The van der Waals surface area contributed by atoms with Crippen molar-refractivity contribution in [3.05, 3.63) is 134 Å². The molecular weight excluding hydrogens is 1060 g/mol. The van der Waals surface area contributed by atoms with Crippen molar-refractivity contribution in [2.75, 3.05) is 40.9 Å². The molecule has 3 N–H and O–H groups in total. The molecule has 0 aliphatic carbocycles. The average molecular weight is 1190 g/mol. The Morgan fingerprint density at radius 1 is 0.417 bits per heavy atom. The third-order valence-corrected chi connectivity index (χ3v) is 15.8. The number of nitrogens with one attached hydrogen (secondary N) is 1. The Morgan fingerprint density at radius 2 is 0.726 bits per heavy atom. The molecule has 1 amide bonds. The number of carbonyl (C=O) groups is 1. The van der Waals surface area contributed by atoms with Crippen molar-refractivity contribution >= 4 is 13.7 Å². The van der Waals surface area contributed by atoms with Crippen LogP contribution in [0.5, 0.6) is 0 Å². The molecule has 84 heavy (non-hydrogen) atoms. The molecule has 0 radical (unpaired) electrons. The second-order valence-electron chi connectivity index (χ2n) is 24.2. The zero-order valence-corrected chi connectivity index (χ0v) is 56.0. The van der Waals surface area contributed by atoms with Crippen molar-refractivity contribution in [2.45, 2.75) is 296 Å². The first-order valence-corrected chi connectivity index (χ1v) is 36.1. The molecule has 8 nitrogen and oxygen atoms in total. The third-order valence-electron chi connectivity index (χ3n) is 14.8. The average Bonchev–Trinajstić information content (AvgIpc) is 3.56. The summed E-state index contributed by atoms with van der Waals surface area (Å²) >= 11 is 0. The second kappa shape index (κ2) is 64.1.